The van der Waals surface area contributed by atoms with E-state index in [2.05, 4.69) is 24.5 Å². The maximum Gasteiger partial charge on any atom is 0.401 e. The third kappa shape index (κ3) is 4.38. The molecule has 0 spiro atoms. The van der Waals surface area contributed by atoms with E-state index in [0.717, 1.165) is 19.4 Å². The Morgan fingerprint density at radius 1 is 1.40 bits per heavy atom. The number of halogens is 3. The van der Waals surface area contributed by atoms with Crippen molar-refractivity contribution in [2.75, 3.05) is 19.6 Å². The molecule has 0 aromatic heterocycles. The molecule has 1 saturated heterocycles. The average Bonchev–Trinajstić information content (AvgIpc) is 2.05. The topological polar surface area (TPSA) is 24.1 Å². The zero-order valence-corrected chi connectivity index (χ0v) is 9.25. The van der Waals surface area contributed by atoms with Crippen LogP contribution in [-0.2, 0) is 0 Å². The number of rotatable bonds is 3. The van der Waals surface area contributed by atoms with Gasteiger partial charge in [0.25, 0.3) is 0 Å². The van der Waals surface area contributed by atoms with E-state index in [0.29, 0.717) is 6.54 Å². The van der Waals surface area contributed by atoms with Gasteiger partial charge in [-0.1, -0.05) is 13.8 Å². The lowest BCUT2D eigenvalue weighted by Crippen LogP contribution is -2.52. The van der Waals surface area contributed by atoms with Gasteiger partial charge in [0.1, 0.15) is 0 Å². The smallest absolute Gasteiger partial charge is 0.312 e. The summed E-state index contributed by atoms with van der Waals surface area (Å²) in [5.74, 6) is 0. The molecular weight excluding hydrogens is 205 g/mol. The molecule has 1 unspecified atom stereocenters. The molecule has 1 fully saturated rings. The van der Waals surface area contributed by atoms with Gasteiger partial charge in [0.05, 0.1) is 6.54 Å². The van der Waals surface area contributed by atoms with E-state index in [9.17, 15) is 13.2 Å². The van der Waals surface area contributed by atoms with E-state index in [1.165, 1.54) is 0 Å². The zero-order chi connectivity index (χ0) is 11.5. The fraction of sp³-hybridized carbons (Fsp3) is 1.00. The van der Waals surface area contributed by atoms with Crippen molar-refractivity contribution in [3.05, 3.63) is 0 Å². The number of piperidine rings is 1. The first kappa shape index (κ1) is 12.8. The minimum absolute atomic E-state index is 0.0802. The quantitative estimate of drug-likeness (QED) is 0.765. The third-order valence-corrected chi connectivity index (χ3v) is 3.01. The van der Waals surface area contributed by atoms with Crippen LogP contribution in [0.5, 0.6) is 0 Å². The summed E-state index contributed by atoms with van der Waals surface area (Å²) in [6.45, 7) is 4.58. The third-order valence-electron chi connectivity index (χ3n) is 3.01. The molecule has 0 aliphatic carbocycles. The van der Waals surface area contributed by atoms with Crippen LogP contribution in [-0.4, -0.2) is 31.9 Å². The molecule has 2 N–H and O–H groups in total. The molecule has 1 heterocycles. The molecule has 1 aliphatic heterocycles. The Morgan fingerprint density at radius 3 is 2.60 bits per heavy atom. The fourth-order valence-corrected chi connectivity index (χ4v) is 1.98. The molecule has 5 heteroatoms. The molecule has 0 bridgehead atoms. The lowest BCUT2D eigenvalue weighted by Gasteiger charge is -2.39. The Hall–Kier alpha value is -0.290. The van der Waals surface area contributed by atoms with Gasteiger partial charge in [-0.3, -0.25) is 0 Å². The van der Waals surface area contributed by atoms with Crippen LogP contribution >= 0.6 is 0 Å². The lowest BCUT2D eigenvalue weighted by atomic mass is 9.77. The van der Waals surface area contributed by atoms with E-state index < -0.39 is 12.7 Å². The summed E-state index contributed by atoms with van der Waals surface area (Å²) in [5, 5.41) is 5.73. The molecule has 0 aromatic rings. The highest BCUT2D eigenvalue weighted by molar-refractivity contribution is 4.89. The van der Waals surface area contributed by atoms with Crippen LogP contribution in [0.3, 0.4) is 0 Å². The monoisotopic (exact) mass is 224 g/mol. The Kier molecular flexibility index (Phi) is 4.00. The summed E-state index contributed by atoms with van der Waals surface area (Å²) in [4.78, 5) is 0. The van der Waals surface area contributed by atoms with Crippen molar-refractivity contribution in [3.63, 3.8) is 0 Å². The van der Waals surface area contributed by atoms with E-state index in [1.807, 2.05) is 0 Å². The maximum atomic E-state index is 11.9. The Labute approximate surface area is 88.6 Å². The van der Waals surface area contributed by atoms with Crippen molar-refractivity contribution in [2.24, 2.45) is 5.41 Å². The second-order valence-electron chi connectivity index (χ2n) is 4.84. The Morgan fingerprint density at radius 2 is 2.07 bits per heavy atom. The summed E-state index contributed by atoms with van der Waals surface area (Å²) in [6, 6.07) is 0.133. The van der Waals surface area contributed by atoms with Crippen molar-refractivity contribution >= 4 is 0 Å². The minimum atomic E-state index is -4.11. The second kappa shape index (κ2) is 4.70. The van der Waals surface area contributed by atoms with Crippen LogP contribution in [0.2, 0.25) is 0 Å². The van der Waals surface area contributed by atoms with Crippen LogP contribution in [0, 0.1) is 5.41 Å². The normalized spacial score (nSPS) is 26.6. The molecule has 0 saturated carbocycles. The summed E-state index contributed by atoms with van der Waals surface area (Å²) >= 11 is 0. The lowest BCUT2D eigenvalue weighted by molar-refractivity contribution is -0.125. The average molecular weight is 224 g/mol. The van der Waals surface area contributed by atoms with Crippen LogP contribution < -0.4 is 10.6 Å². The SMILES string of the molecule is CC1(C)CCCNC1CNCC(F)(F)F. The highest BCUT2D eigenvalue weighted by Crippen LogP contribution is 2.29. The number of alkyl halides is 3. The molecule has 1 aliphatic rings. The summed E-state index contributed by atoms with van der Waals surface area (Å²) in [7, 11) is 0. The molecule has 90 valence electrons. The molecule has 0 aromatic carbocycles. The molecule has 1 rings (SSSR count). The van der Waals surface area contributed by atoms with Crippen molar-refractivity contribution in [1.82, 2.24) is 10.6 Å². The van der Waals surface area contributed by atoms with E-state index in [-0.39, 0.29) is 11.5 Å². The molecule has 0 amide bonds. The van der Waals surface area contributed by atoms with Gasteiger partial charge < -0.3 is 10.6 Å². The first-order chi connectivity index (χ1) is 6.81. The summed E-state index contributed by atoms with van der Waals surface area (Å²) < 4.78 is 35.8. The fourth-order valence-electron chi connectivity index (χ4n) is 1.98. The predicted octanol–water partition coefficient (Wildman–Crippen LogP) is 1.92. The van der Waals surface area contributed by atoms with Crippen LogP contribution in [0.15, 0.2) is 0 Å². The van der Waals surface area contributed by atoms with Gasteiger partial charge in [0.2, 0.25) is 0 Å². The maximum absolute atomic E-state index is 11.9. The number of hydrogen-bond donors (Lipinski definition) is 2. The molecule has 0 radical (unpaired) electrons. The predicted molar refractivity (Wildman–Crippen MR) is 53.7 cm³/mol. The molecule has 1 atom stereocenters. The molecule has 2 nitrogen and oxygen atoms in total. The van der Waals surface area contributed by atoms with E-state index in [4.69, 9.17) is 0 Å². The van der Waals surface area contributed by atoms with Crippen LogP contribution in [0.25, 0.3) is 0 Å². The van der Waals surface area contributed by atoms with Crippen molar-refractivity contribution in [1.29, 1.82) is 0 Å². The summed E-state index contributed by atoms with van der Waals surface area (Å²) in [5.41, 5.74) is 0.0802. The first-order valence-corrected chi connectivity index (χ1v) is 5.32. The highest BCUT2D eigenvalue weighted by Gasteiger charge is 2.33. The van der Waals surface area contributed by atoms with E-state index in [1.54, 1.807) is 0 Å². The van der Waals surface area contributed by atoms with Crippen molar-refractivity contribution in [3.8, 4) is 0 Å². The second-order valence-corrected chi connectivity index (χ2v) is 4.84. The van der Waals surface area contributed by atoms with Crippen LogP contribution in [0.1, 0.15) is 26.7 Å². The number of hydrogen-bond acceptors (Lipinski definition) is 2. The summed E-state index contributed by atoms with van der Waals surface area (Å²) in [6.07, 6.45) is -1.94. The van der Waals surface area contributed by atoms with Gasteiger partial charge in [-0.15, -0.1) is 0 Å². The van der Waals surface area contributed by atoms with Gasteiger partial charge >= 0.3 is 6.18 Å². The van der Waals surface area contributed by atoms with Gasteiger partial charge in [-0.2, -0.15) is 13.2 Å². The molecule has 15 heavy (non-hydrogen) atoms. The highest BCUT2D eigenvalue weighted by atomic mass is 19.4. The van der Waals surface area contributed by atoms with Crippen molar-refractivity contribution in [2.45, 2.75) is 38.9 Å². The Balaban J connectivity index is 2.31. The zero-order valence-electron chi connectivity index (χ0n) is 9.25. The van der Waals surface area contributed by atoms with Gasteiger partial charge in [-0.05, 0) is 24.8 Å². The van der Waals surface area contributed by atoms with Gasteiger partial charge in [0, 0.05) is 12.6 Å². The number of nitrogens with one attached hydrogen (secondary N) is 2. The Bertz CT molecular complexity index is 201. The van der Waals surface area contributed by atoms with E-state index >= 15 is 0 Å². The van der Waals surface area contributed by atoms with Crippen molar-refractivity contribution < 1.29 is 13.2 Å². The largest absolute Gasteiger partial charge is 0.401 e. The standard InChI is InChI=1S/C10H19F3N2/c1-9(2)4-3-5-15-8(9)6-14-7-10(11,12)13/h8,14-15H,3-7H2,1-2H3. The molecular formula is C10H19F3N2. The van der Waals surface area contributed by atoms with Gasteiger partial charge in [-0.25, -0.2) is 0 Å². The first-order valence-electron chi connectivity index (χ1n) is 5.32. The van der Waals surface area contributed by atoms with Crippen LogP contribution in [0.4, 0.5) is 13.2 Å². The minimum Gasteiger partial charge on any atom is -0.312 e. The van der Waals surface area contributed by atoms with Gasteiger partial charge in [0.15, 0.2) is 0 Å².